The van der Waals surface area contributed by atoms with Crippen molar-refractivity contribution in [1.82, 2.24) is 15.6 Å². The molecule has 24 heavy (non-hydrogen) atoms. The molecule has 0 aliphatic carbocycles. The first-order valence-electron chi connectivity index (χ1n) is 8.18. The molecule has 1 heterocycles. The second-order valence-electron chi connectivity index (χ2n) is 5.58. The average molecular weight is 318 g/mol. The summed E-state index contributed by atoms with van der Waals surface area (Å²) < 4.78 is 0. The van der Waals surface area contributed by atoms with Gasteiger partial charge >= 0.3 is 0 Å². The maximum absolute atomic E-state index is 4.49. The van der Waals surface area contributed by atoms with Gasteiger partial charge < -0.3 is 10.6 Å². The Morgan fingerprint density at radius 2 is 1.79 bits per heavy atom. The molecule has 0 radical (unpaired) electrons. The van der Waals surface area contributed by atoms with E-state index in [1.54, 1.807) is 7.05 Å². The molecule has 0 fully saturated rings. The molecule has 1 aromatic heterocycles. The van der Waals surface area contributed by atoms with Crippen molar-refractivity contribution >= 4 is 16.9 Å². The number of hydrogen-bond acceptors (Lipinski definition) is 2. The molecular formula is C20H22N4. The highest BCUT2D eigenvalue weighted by Gasteiger charge is 2.03. The summed E-state index contributed by atoms with van der Waals surface area (Å²) in [6.07, 6.45) is 2.80. The number of nitrogens with zero attached hydrogens (tertiary/aromatic N) is 2. The van der Waals surface area contributed by atoms with Crippen molar-refractivity contribution in [2.24, 2.45) is 4.99 Å². The number of pyridine rings is 1. The van der Waals surface area contributed by atoms with E-state index in [2.05, 4.69) is 69.1 Å². The summed E-state index contributed by atoms with van der Waals surface area (Å²) >= 11 is 0. The first-order valence-corrected chi connectivity index (χ1v) is 8.18. The molecule has 0 saturated carbocycles. The van der Waals surface area contributed by atoms with Crippen LogP contribution in [0.4, 0.5) is 0 Å². The third-order valence-corrected chi connectivity index (χ3v) is 3.94. The zero-order chi connectivity index (χ0) is 16.6. The van der Waals surface area contributed by atoms with E-state index in [1.807, 2.05) is 18.3 Å². The van der Waals surface area contributed by atoms with Crippen LogP contribution < -0.4 is 10.6 Å². The summed E-state index contributed by atoms with van der Waals surface area (Å²) in [5.74, 6) is 0.805. The third-order valence-electron chi connectivity index (χ3n) is 3.94. The van der Waals surface area contributed by atoms with Gasteiger partial charge in [0.25, 0.3) is 0 Å². The Morgan fingerprint density at radius 1 is 0.958 bits per heavy atom. The number of benzene rings is 2. The standard InChI is InChI=1S/C20H22N4/c1-21-20(23-14-12-16-7-3-2-4-8-16)24-15-18-10-5-9-17-11-6-13-22-19(17)18/h2-11,13H,12,14-15H2,1H3,(H2,21,23,24). The highest BCUT2D eigenvalue weighted by atomic mass is 15.2. The fourth-order valence-electron chi connectivity index (χ4n) is 2.68. The minimum Gasteiger partial charge on any atom is -0.356 e. The Kier molecular flexibility index (Phi) is 5.40. The fourth-order valence-corrected chi connectivity index (χ4v) is 2.68. The van der Waals surface area contributed by atoms with E-state index in [1.165, 1.54) is 11.1 Å². The van der Waals surface area contributed by atoms with Crippen LogP contribution in [0.5, 0.6) is 0 Å². The quantitative estimate of drug-likeness (QED) is 0.561. The van der Waals surface area contributed by atoms with Gasteiger partial charge in [0, 0.05) is 31.7 Å². The molecule has 0 amide bonds. The molecule has 0 aliphatic rings. The number of guanidine groups is 1. The maximum atomic E-state index is 4.49. The van der Waals surface area contributed by atoms with Crippen LogP contribution in [-0.4, -0.2) is 24.5 Å². The lowest BCUT2D eigenvalue weighted by molar-refractivity contribution is 0.796. The van der Waals surface area contributed by atoms with E-state index < -0.39 is 0 Å². The zero-order valence-electron chi connectivity index (χ0n) is 13.9. The van der Waals surface area contributed by atoms with Crippen molar-refractivity contribution in [3.63, 3.8) is 0 Å². The number of para-hydroxylation sites is 1. The Morgan fingerprint density at radius 3 is 2.62 bits per heavy atom. The topological polar surface area (TPSA) is 49.3 Å². The van der Waals surface area contributed by atoms with Crippen molar-refractivity contribution in [2.75, 3.05) is 13.6 Å². The second-order valence-corrected chi connectivity index (χ2v) is 5.58. The number of fused-ring (bicyclic) bond motifs is 1. The van der Waals surface area contributed by atoms with Crippen LogP contribution in [0.2, 0.25) is 0 Å². The Bertz CT molecular complexity index is 807. The van der Waals surface area contributed by atoms with Crippen LogP contribution >= 0.6 is 0 Å². The van der Waals surface area contributed by atoms with E-state index in [4.69, 9.17) is 0 Å². The molecule has 3 aromatic rings. The molecule has 0 saturated heterocycles. The largest absolute Gasteiger partial charge is 0.356 e. The normalized spacial score (nSPS) is 11.5. The first kappa shape index (κ1) is 16.0. The van der Waals surface area contributed by atoms with E-state index in [0.29, 0.717) is 6.54 Å². The Balaban J connectivity index is 1.56. The van der Waals surface area contributed by atoms with Gasteiger partial charge in [0.15, 0.2) is 5.96 Å². The monoisotopic (exact) mass is 318 g/mol. The number of nitrogens with one attached hydrogen (secondary N) is 2. The lowest BCUT2D eigenvalue weighted by Crippen LogP contribution is -2.37. The van der Waals surface area contributed by atoms with Crippen molar-refractivity contribution in [3.8, 4) is 0 Å². The van der Waals surface area contributed by atoms with Gasteiger partial charge in [0.1, 0.15) is 0 Å². The van der Waals surface area contributed by atoms with E-state index in [-0.39, 0.29) is 0 Å². The molecule has 122 valence electrons. The minimum absolute atomic E-state index is 0.694. The van der Waals surface area contributed by atoms with Gasteiger partial charge in [0.05, 0.1) is 5.52 Å². The molecule has 2 aromatic carbocycles. The van der Waals surface area contributed by atoms with E-state index in [0.717, 1.165) is 29.8 Å². The number of aromatic nitrogens is 1. The third kappa shape index (κ3) is 4.10. The molecule has 0 spiro atoms. The molecule has 0 unspecified atom stereocenters. The number of rotatable bonds is 5. The van der Waals surface area contributed by atoms with Crippen LogP contribution in [-0.2, 0) is 13.0 Å². The van der Waals surface area contributed by atoms with Crippen molar-refractivity contribution in [2.45, 2.75) is 13.0 Å². The number of aliphatic imine (C=N–C) groups is 1. The van der Waals surface area contributed by atoms with Crippen LogP contribution in [0.15, 0.2) is 71.9 Å². The van der Waals surface area contributed by atoms with Crippen molar-refractivity contribution < 1.29 is 0 Å². The lowest BCUT2D eigenvalue weighted by atomic mass is 10.1. The van der Waals surface area contributed by atoms with Crippen LogP contribution in [0, 0.1) is 0 Å². The van der Waals surface area contributed by atoms with Gasteiger partial charge in [-0.2, -0.15) is 0 Å². The predicted octanol–water partition coefficient (Wildman–Crippen LogP) is 3.14. The maximum Gasteiger partial charge on any atom is 0.191 e. The summed E-state index contributed by atoms with van der Waals surface area (Å²) in [7, 11) is 1.79. The average Bonchev–Trinajstić information content (AvgIpc) is 2.65. The molecule has 4 heteroatoms. The summed E-state index contributed by atoms with van der Waals surface area (Å²) in [4.78, 5) is 8.77. The lowest BCUT2D eigenvalue weighted by Gasteiger charge is -2.13. The summed E-state index contributed by atoms with van der Waals surface area (Å²) in [5.41, 5.74) is 3.52. The van der Waals surface area contributed by atoms with Gasteiger partial charge in [-0.25, -0.2) is 0 Å². The smallest absolute Gasteiger partial charge is 0.191 e. The summed E-state index contributed by atoms with van der Waals surface area (Å²) in [6.45, 7) is 1.54. The molecule has 0 bridgehead atoms. The number of hydrogen-bond donors (Lipinski definition) is 2. The molecular weight excluding hydrogens is 296 g/mol. The van der Waals surface area contributed by atoms with Crippen molar-refractivity contribution in [1.29, 1.82) is 0 Å². The molecule has 2 N–H and O–H groups in total. The Labute approximate surface area is 142 Å². The van der Waals surface area contributed by atoms with Crippen LogP contribution in [0.25, 0.3) is 10.9 Å². The van der Waals surface area contributed by atoms with Gasteiger partial charge in [-0.3, -0.25) is 9.98 Å². The van der Waals surface area contributed by atoms with Crippen molar-refractivity contribution in [3.05, 3.63) is 78.0 Å². The molecule has 0 atom stereocenters. The molecule has 3 rings (SSSR count). The van der Waals surface area contributed by atoms with Gasteiger partial charge in [-0.05, 0) is 23.6 Å². The van der Waals surface area contributed by atoms with Crippen LogP contribution in [0.3, 0.4) is 0 Å². The SMILES string of the molecule is CN=C(NCCc1ccccc1)NCc1cccc2cccnc12. The highest BCUT2D eigenvalue weighted by Crippen LogP contribution is 2.15. The van der Waals surface area contributed by atoms with Gasteiger partial charge in [-0.15, -0.1) is 0 Å². The first-order chi connectivity index (χ1) is 11.9. The summed E-state index contributed by atoms with van der Waals surface area (Å²) in [5, 5.41) is 7.87. The van der Waals surface area contributed by atoms with E-state index in [9.17, 15) is 0 Å². The van der Waals surface area contributed by atoms with Crippen LogP contribution in [0.1, 0.15) is 11.1 Å². The van der Waals surface area contributed by atoms with E-state index >= 15 is 0 Å². The summed E-state index contributed by atoms with van der Waals surface area (Å²) in [6, 6.07) is 20.7. The zero-order valence-corrected chi connectivity index (χ0v) is 13.9. The van der Waals surface area contributed by atoms with Gasteiger partial charge in [0.2, 0.25) is 0 Å². The predicted molar refractivity (Wildman–Crippen MR) is 100 cm³/mol. The highest BCUT2D eigenvalue weighted by molar-refractivity contribution is 5.83. The molecule has 0 aliphatic heterocycles. The molecule has 4 nitrogen and oxygen atoms in total. The Hall–Kier alpha value is -2.88. The van der Waals surface area contributed by atoms with Gasteiger partial charge in [-0.1, -0.05) is 54.6 Å². The minimum atomic E-state index is 0.694. The fraction of sp³-hybridized carbons (Fsp3) is 0.200. The second kappa shape index (κ2) is 8.11.